The minimum atomic E-state index is -1.11. The third kappa shape index (κ3) is 3.51. The maximum absolute atomic E-state index is 10.7. The maximum atomic E-state index is 10.7. The average molecular weight is 415 g/mol. The lowest BCUT2D eigenvalue weighted by atomic mass is 10.1. The Kier molecular flexibility index (Phi) is 5.12. The normalized spacial score (nSPS) is 16.2. The summed E-state index contributed by atoms with van der Waals surface area (Å²) < 4.78 is 1.91. The van der Waals surface area contributed by atoms with E-state index in [2.05, 4.69) is 21.7 Å². The molecule has 1 aliphatic heterocycles. The van der Waals surface area contributed by atoms with Crippen molar-refractivity contribution in [1.29, 1.82) is 0 Å². The summed E-state index contributed by atoms with van der Waals surface area (Å²) in [6, 6.07) is 5.76. The van der Waals surface area contributed by atoms with Crippen molar-refractivity contribution >= 4 is 45.9 Å². The van der Waals surface area contributed by atoms with Crippen LogP contribution in [0.3, 0.4) is 0 Å². The summed E-state index contributed by atoms with van der Waals surface area (Å²) >= 11 is 12.7. The van der Waals surface area contributed by atoms with Gasteiger partial charge in [0.05, 0.1) is 27.6 Å². The Morgan fingerprint density at radius 1 is 1.36 bits per heavy atom. The van der Waals surface area contributed by atoms with E-state index in [4.69, 9.17) is 33.3 Å². The number of hydrogen-bond donors (Lipinski definition) is 1. The van der Waals surface area contributed by atoms with Crippen LogP contribution in [0.1, 0.15) is 19.3 Å². The van der Waals surface area contributed by atoms with Crippen molar-refractivity contribution in [2.24, 2.45) is 0 Å². The van der Waals surface area contributed by atoms with Crippen molar-refractivity contribution in [3.63, 3.8) is 0 Å². The number of rotatable bonds is 3. The first-order valence-electron chi connectivity index (χ1n) is 8.80. The molecule has 28 heavy (non-hydrogen) atoms. The van der Waals surface area contributed by atoms with Crippen LogP contribution >= 0.6 is 23.2 Å². The molecule has 1 N–H and O–H groups in total. The number of hydrogen-bond acceptors (Lipinski definition) is 4. The second kappa shape index (κ2) is 7.70. The molecule has 0 aliphatic carbocycles. The minimum Gasteiger partial charge on any atom is -0.472 e. The predicted octanol–water partition coefficient (Wildman–Crippen LogP) is 4.17. The Bertz CT molecular complexity index is 1100. The molecular formula is C20H16Cl2N4O2. The second-order valence-electron chi connectivity index (χ2n) is 6.53. The van der Waals surface area contributed by atoms with Crippen LogP contribution < -0.4 is 4.90 Å². The van der Waals surface area contributed by atoms with E-state index in [1.54, 1.807) is 18.6 Å². The molecule has 0 bridgehead atoms. The third-order valence-electron chi connectivity index (χ3n) is 4.82. The van der Waals surface area contributed by atoms with Crippen LogP contribution in [0.15, 0.2) is 36.9 Å². The van der Waals surface area contributed by atoms with Gasteiger partial charge in [0.1, 0.15) is 5.82 Å². The number of nitrogens with zero attached hydrogens (tertiary/aromatic N) is 4. The van der Waals surface area contributed by atoms with Crippen molar-refractivity contribution in [3.05, 3.63) is 47.0 Å². The zero-order valence-corrected chi connectivity index (χ0v) is 16.3. The van der Waals surface area contributed by atoms with Crippen molar-refractivity contribution in [2.45, 2.75) is 25.3 Å². The molecule has 0 spiro atoms. The third-order valence-corrected chi connectivity index (χ3v) is 5.62. The van der Waals surface area contributed by atoms with Gasteiger partial charge in [0, 0.05) is 48.8 Å². The highest BCUT2D eigenvalue weighted by Crippen LogP contribution is 2.36. The van der Waals surface area contributed by atoms with E-state index in [1.165, 1.54) is 0 Å². The molecule has 1 aromatic carbocycles. The number of carboxylic acids is 1. The fourth-order valence-corrected chi connectivity index (χ4v) is 3.92. The van der Waals surface area contributed by atoms with E-state index in [-0.39, 0.29) is 6.04 Å². The van der Waals surface area contributed by atoms with Gasteiger partial charge in [-0.05, 0) is 25.0 Å². The monoisotopic (exact) mass is 414 g/mol. The molecule has 1 aliphatic rings. The standard InChI is InChI=1S/C20H16Cl2N4O2/c21-15-7-6-14-16(25-10-8-23-12-25)11-17(24-20(14)19(15)22)26-9-2-4-13(26)3-1-5-18(27)28/h6-8,10-13H,2-4,9H2,(H,27,28). The number of carbonyl (C=O) groups is 1. The summed E-state index contributed by atoms with van der Waals surface area (Å²) in [5, 5.41) is 10.5. The average Bonchev–Trinajstić information content (AvgIpc) is 3.36. The van der Waals surface area contributed by atoms with Crippen LogP contribution in [0.5, 0.6) is 0 Å². The fraction of sp³-hybridized carbons (Fsp3) is 0.250. The van der Waals surface area contributed by atoms with Gasteiger partial charge in [-0.1, -0.05) is 29.1 Å². The topological polar surface area (TPSA) is 71.2 Å². The van der Waals surface area contributed by atoms with E-state index >= 15 is 0 Å². The largest absolute Gasteiger partial charge is 0.472 e. The van der Waals surface area contributed by atoms with Gasteiger partial charge in [0.25, 0.3) is 0 Å². The van der Waals surface area contributed by atoms with E-state index in [0.29, 0.717) is 22.0 Å². The molecule has 142 valence electrons. The van der Waals surface area contributed by atoms with Gasteiger partial charge in [-0.25, -0.2) is 14.8 Å². The van der Waals surface area contributed by atoms with Gasteiger partial charge in [-0.15, -0.1) is 0 Å². The lowest BCUT2D eigenvalue weighted by molar-refractivity contribution is -0.130. The first-order chi connectivity index (χ1) is 13.5. The maximum Gasteiger partial charge on any atom is 0.381 e. The highest BCUT2D eigenvalue weighted by molar-refractivity contribution is 6.45. The molecule has 0 radical (unpaired) electrons. The molecule has 2 aromatic heterocycles. The molecule has 8 heteroatoms. The van der Waals surface area contributed by atoms with Gasteiger partial charge in [-0.2, -0.15) is 0 Å². The molecule has 1 atom stereocenters. The number of imidazole rings is 1. The van der Waals surface area contributed by atoms with E-state index in [0.717, 1.165) is 36.3 Å². The van der Waals surface area contributed by atoms with Gasteiger partial charge in [-0.3, -0.25) is 0 Å². The first kappa shape index (κ1) is 18.6. The van der Waals surface area contributed by atoms with Crippen LogP contribution in [0.2, 0.25) is 10.0 Å². The first-order valence-corrected chi connectivity index (χ1v) is 9.55. The molecule has 3 heterocycles. The second-order valence-corrected chi connectivity index (χ2v) is 7.31. The summed E-state index contributed by atoms with van der Waals surface area (Å²) in [5.74, 6) is 4.59. The van der Waals surface area contributed by atoms with Crippen LogP contribution in [0, 0.1) is 11.8 Å². The lowest BCUT2D eigenvalue weighted by Gasteiger charge is -2.25. The SMILES string of the molecule is O=C(O)C#CCC1CCCN1c1cc(-n2ccnc2)c2ccc(Cl)c(Cl)c2n1. The quantitative estimate of drug-likeness (QED) is 0.650. The van der Waals surface area contributed by atoms with Crippen LogP contribution in [-0.2, 0) is 4.79 Å². The number of fused-ring (bicyclic) bond motifs is 1. The van der Waals surface area contributed by atoms with Crippen molar-refractivity contribution in [2.75, 3.05) is 11.4 Å². The molecule has 3 aromatic rings. The predicted molar refractivity (Wildman–Crippen MR) is 109 cm³/mol. The molecule has 0 amide bonds. The molecule has 6 nitrogen and oxygen atoms in total. The zero-order valence-electron chi connectivity index (χ0n) is 14.8. The number of carboxylic acid groups (broad SMARTS) is 1. The van der Waals surface area contributed by atoms with E-state index in [1.807, 2.05) is 22.9 Å². The fourth-order valence-electron chi connectivity index (χ4n) is 3.56. The Labute approximate surface area is 171 Å². The zero-order chi connectivity index (χ0) is 19.7. The lowest BCUT2D eigenvalue weighted by Crippen LogP contribution is -2.29. The molecule has 0 saturated carbocycles. The van der Waals surface area contributed by atoms with Crippen LogP contribution in [0.25, 0.3) is 16.6 Å². The molecule has 1 saturated heterocycles. The number of aromatic nitrogens is 3. The van der Waals surface area contributed by atoms with Gasteiger partial charge in [0.15, 0.2) is 0 Å². The Hall–Kier alpha value is -2.75. The summed E-state index contributed by atoms with van der Waals surface area (Å²) in [5.41, 5.74) is 1.52. The van der Waals surface area contributed by atoms with Gasteiger partial charge >= 0.3 is 5.97 Å². The molecule has 4 rings (SSSR count). The number of aliphatic carboxylic acids is 1. The Morgan fingerprint density at radius 2 is 2.21 bits per heavy atom. The summed E-state index contributed by atoms with van der Waals surface area (Å²) in [6.07, 6.45) is 7.68. The minimum absolute atomic E-state index is 0.102. The number of benzene rings is 1. The molecule has 1 fully saturated rings. The van der Waals surface area contributed by atoms with Crippen molar-refractivity contribution in [3.8, 4) is 17.5 Å². The highest BCUT2D eigenvalue weighted by atomic mass is 35.5. The number of anilines is 1. The van der Waals surface area contributed by atoms with Crippen LogP contribution in [0.4, 0.5) is 5.82 Å². The Balaban J connectivity index is 1.82. The molecule has 1 unspecified atom stereocenters. The van der Waals surface area contributed by atoms with Crippen molar-refractivity contribution < 1.29 is 9.90 Å². The summed E-state index contributed by atoms with van der Waals surface area (Å²) in [6.45, 7) is 0.819. The summed E-state index contributed by atoms with van der Waals surface area (Å²) in [7, 11) is 0. The summed E-state index contributed by atoms with van der Waals surface area (Å²) in [4.78, 5) is 21.8. The van der Waals surface area contributed by atoms with E-state index < -0.39 is 5.97 Å². The Morgan fingerprint density at radius 3 is 2.96 bits per heavy atom. The van der Waals surface area contributed by atoms with Gasteiger partial charge < -0.3 is 14.6 Å². The van der Waals surface area contributed by atoms with Crippen molar-refractivity contribution in [1.82, 2.24) is 14.5 Å². The smallest absolute Gasteiger partial charge is 0.381 e. The molecular weight excluding hydrogens is 399 g/mol. The van der Waals surface area contributed by atoms with Crippen LogP contribution in [-0.4, -0.2) is 38.2 Å². The van der Waals surface area contributed by atoms with Gasteiger partial charge in [0.2, 0.25) is 0 Å². The number of halogens is 2. The van der Waals surface area contributed by atoms with E-state index in [9.17, 15) is 4.79 Å². The number of pyridine rings is 1. The highest BCUT2D eigenvalue weighted by Gasteiger charge is 2.26.